The predicted octanol–water partition coefficient (Wildman–Crippen LogP) is 4.31. The summed E-state index contributed by atoms with van der Waals surface area (Å²) < 4.78 is 7.24. The summed E-state index contributed by atoms with van der Waals surface area (Å²) >= 11 is 0. The third-order valence-corrected chi connectivity index (χ3v) is 1.85. The van der Waals surface area contributed by atoms with E-state index < -0.39 is 0 Å². The number of nitrogens with zero attached hydrogens (tertiary/aromatic N) is 2. The van der Waals surface area contributed by atoms with Gasteiger partial charge in [0.05, 0.1) is 12.9 Å². The van der Waals surface area contributed by atoms with Crippen molar-refractivity contribution in [1.82, 2.24) is 9.55 Å². The van der Waals surface area contributed by atoms with Crippen molar-refractivity contribution in [2.24, 2.45) is 7.05 Å². The fourth-order valence-corrected chi connectivity index (χ4v) is 1.06. The van der Waals surface area contributed by atoms with Gasteiger partial charge in [0.2, 0.25) is 0 Å². The second kappa shape index (κ2) is 12.7. The zero-order valence-electron chi connectivity index (χ0n) is 12.5. The maximum atomic E-state index is 5.36. The van der Waals surface area contributed by atoms with Gasteiger partial charge >= 0.3 is 0 Å². The van der Waals surface area contributed by atoms with E-state index in [2.05, 4.69) is 25.8 Å². The summed E-state index contributed by atoms with van der Waals surface area (Å²) in [5.74, 6) is 0.962. The van der Waals surface area contributed by atoms with Gasteiger partial charge in [-0.1, -0.05) is 45.4 Å². The minimum Gasteiger partial charge on any atom is -0.494 e. The molecular formula is C16H26N2O. The van der Waals surface area contributed by atoms with Gasteiger partial charge in [0.25, 0.3) is 0 Å². The van der Waals surface area contributed by atoms with Gasteiger partial charge in [0.15, 0.2) is 0 Å². The van der Waals surface area contributed by atoms with Gasteiger partial charge in [-0.3, -0.25) is 0 Å². The topological polar surface area (TPSA) is 27.1 Å². The van der Waals surface area contributed by atoms with E-state index in [1.165, 1.54) is 6.42 Å². The van der Waals surface area contributed by atoms with Crippen molar-refractivity contribution < 1.29 is 4.74 Å². The lowest BCUT2D eigenvalue weighted by Crippen LogP contribution is -1.93. The molecule has 0 atom stereocenters. The molecule has 0 aliphatic carbocycles. The molecule has 0 unspecified atom stereocenters. The van der Waals surface area contributed by atoms with Crippen molar-refractivity contribution in [2.45, 2.75) is 33.6 Å². The van der Waals surface area contributed by atoms with Crippen LogP contribution >= 0.6 is 0 Å². The second-order valence-corrected chi connectivity index (χ2v) is 4.10. The summed E-state index contributed by atoms with van der Waals surface area (Å²) in [4.78, 5) is 3.78. The third kappa shape index (κ3) is 11.1. The number of aromatic nitrogens is 2. The Kier molecular flexibility index (Phi) is 11.5. The summed E-state index contributed by atoms with van der Waals surface area (Å²) in [6, 6.07) is 9.88. The van der Waals surface area contributed by atoms with Crippen LogP contribution in [-0.4, -0.2) is 16.2 Å². The number of imidazole rings is 1. The Morgan fingerprint density at radius 2 is 1.74 bits per heavy atom. The highest BCUT2D eigenvalue weighted by atomic mass is 16.5. The van der Waals surface area contributed by atoms with Crippen LogP contribution in [0.5, 0.6) is 5.75 Å². The molecule has 0 aliphatic rings. The molecule has 0 aliphatic heterocycles. The predicted molar refractivity (Wildman–Crippen MR) is 81.4 cm³/mol. The molecule has 19 heavy (non-hydrogen) atoms. The first-order chi connectivity index (χ1) is 9.24. The maximum absolute atomic E-state index is 5.36. The van der Waals surface area contributed by atoms with E-state index >= 15 is 0 Å². The first-order valence-corrected chi connectivity index (χ1v) is 6.84. The molecule has 2 rings (SSSR count). The summed E-state index contributed by atoms with van der Waals surface area (Å²) in [6.45, 7) is 7.16. The largest absolute Gasteiger partial charge is 0.494 e. The average molecular weight is 262 g/mol. The Balaban J connectivity index is 0.000000306. The molecule has 2 aromatic rings. The van der Waals surface area contributed by atoms with E-state index in [4.69, 9.17) is 4.74 Å². The van der Waals surface area contributed by atoms with E-state index in [1.807, 2.05) is 48.1 Å². The lowest BCUT2D eigenvalue weighted by Gasteiger charge is -2.01. The minimum atomic E-state index is 0.810. The molecule has 0 saturated carbocycles. The standard InChI is InChI=1S/C9H12O.C4H6N2.C3H8/c1-2-8-10-9-6-4-3-5-7-9;1-6-3-2-5-4-6;1-3-2/h3-7H,2,8H2,1H3;2-4H,1H3;3H2,1-2H3. The molecule has 0 radical (unpaired) electrons. The second-order valence-electron chi connectivity index (χ2n) is 4.10. The van der Waals surface area contributed by atoms with Crippen molar-refractivity contribution in [2.75, 3.05) is 6.61 Å². The maximum Gasteiger partial charge on any atom is 0.119 e. The van der Waals surface area contributed by atoms with Crippen LogP contribution in [0.4, 0.5) is 0 Å². The summed E-state index contributed by atoms with van der Waals surface area (Å²) in [5.41, 5.74) is 0. The molecule has 1 aromatic heterocycles. The smallest absolute Gasteiger partial charge is 0.119 e. The molecule has 0 bridgehead atoms. The Morgan fingerprint density at radius 3 is 2.11 bits per heavy atom. The van der Waals surface area contributed by atoms with E-state index in [9.17, 15) is 0 Å². The molecule has 1 aromatic carbocycles. The number of benzene rings is 1. The van der Waals surface area contributed by atoms with Crippen LogP contribution in [0.15, 0.2) is 49.1 Å². The summed E-state index contributed by atoms with van der Waals surface area (Å²) in [5, 5.41) is 0. The lowest BCUT2D eigenvalue weighted by molar-refractivity contribution is 0.317. The van der Waals surface area contributed by atoms with Crippen molar-refractivity contribution in [3.63, 3.8) is 0 Å². The van der Waals surface area contributed by atoms with Crippen LogP contribution in [-0.2, 0) is 7.05 Å². The zero-order chi connectivity index (χ0) is 14.3. The van der Waals surface area contributed by atoms with Crippen LogP contribution in [0.2, 0.25) is 0 Å². The Labute approximate surface area is 117 Å². The fraction of sp³-hybridized carbons (Fsp3) is 0.438. The van der Waals surface area contributed by atoms with Gasteiger partial charge in [-0.2, -0.15) is 0 Å². The first-order valence-electron chi connectivity index (χ1n) is 6.84. The van der Waals surface area contributed by atoms with Crippen molar-refractivity contribution in [3.8, 4) is 5.75 Å². The van der Waals surface area contributed by atoms with Gasteiger partial charge in [0.1, 0.15) is 5.75 Å². The van der Waals surface area contributed by atoms with Gasteiger partial charge in [-0.15, -0.1) is 0 Å². The quantitative estimate of drug-likeness (QED) is 0.824. The molecule has 1 heterocycles. The van der Waals surface area contributed by atoms with Crippen molar-refractivity contribution >= 4 is 0 Å². The molecule has 3 nitrogen and oxygen atoms in total. The van der Waals surface area contributed by atoms with E-state index in [-0.39, 0.29) is 0 Å². The molecule has 0 saturated heterocycles. The van der Waals surface area contributed by atoms with E-state index in [0.717, 1.165) is 18.8 Å². The van der Waals surface area contributed by atoms with Gasteiger partial charge in [0, 0.05) is 19.4 Å². The molecule has 0 spiro atoms. The third-order valence-electron chi connectivity index (χ3n) is 1.85. The highest BCUT2D eigenvalue weighted by Crippen LogP contribution is 2.07. The van der Waals surface area contributed by atoms with E-state index in [1.54, 1.807) is 12.5 Å². The fourth-order valence-electron chi connectivity index (χ4n) is 1.06. The van der Waals surface area contributed by atoms with Crippen molar-refractivity contribution in [1.29, 1.82) is 0 Å². The SMILES string of the molecule is CCC.CCCOc1ccccc1.Cn1ccnc1. The normalized spacial score (nSPS) is 8.63. The van der Waals surface area contributed by atoms with Crippen LogP contribution in [0.25, 0.3) is 0 Å². The first kappa shape index (κ1) is 17.2. The molecule has 106 valence electrons. The van der Waals surface area contributed by atoms with Crippen LogP contribution < -0.4 is 4.74 Å². The number of ether oxygens (including phenoxy) is 1. The monoisotopic (exact) mass is 262 g/mol. The number of para-hydroxylation sites is 1. The highest BCUT2D eigenvalue weighted by Gasteiger charge is 1.86. The molecule has 0 amide bonds. The van der Waals surface area contributed by atoms with E-state index in [0.29, 0.717) is 0 Å². The number of rotatable bonds is 3. The summed E-state index contributed by atoms with van der Waals surface area (Å²) in [7, 11) is 1.94. The lowest BCUT2D eigenvalue weighted by atomic mass is 10.3. The van der Waals surface area contributed by atoms with Crippen LogP contribution in [0, 0.1) is 0 Å². The zero-order valence-corrected chi connectivity index (χ0v) is 12.5. The molecule has 0 N–H and O–H groups in total. The Bertz CT molecular complexity index is 371. The number of aryl methyl sites for hydroxylation is 1. The van der Waals surface area contributed by atoms with Gasteiger partial charge in [-0.05, 0) is 18.6 Å². The van der Waals surface area contributed by atoms with Crippen LogP contribution in [0.3, 0.4) is 0 Å². The molecular weight excluding hydrogens is 236 g/mol. The highest BCUT2D eigenvalue weighted by molar-refractivity contribution is 5.20. The van der Waals surface area contributed by atoms with Crippen LogP contribution in [0.1, 0.15) is 33.6 Å². The Morgan fingerprint density at radius 1 is 1.11 bits per heavy atom. The minimum absolute atomic E-state index is 0.810. The Hall–Kier alpha value is -1.77. The summed E-state index contributed by atoms with van der Waals surface area (Å²) in [6.07, 6.45) is 7.70. The average Bonchev–Trinajstić information content (AvgIpc) is 2.90. The number of hydrogen-bond acceptors (Lipinski definition) is 2. The van der Waals surface area contributed by atoms with Gasteiger partial charge in [-0.25, -0.2) is 4.98 Å². The van der Waals surface area contributed by atoms with Crippen molar-refractivity contribution in [3.05, 3.63) is 49.1 Å². The molecule has 3 heteroatoms. The molecule has 0 fully saturated rings. The van der Waals surface area contributed by atoms with Gasteiger partial charge < -0.3 is 9.30 Å². The number of hydrogen-bond donors (Lipinski definition) is 0.